The van der Waals surface area contributed by atoms with E-state index in [0.717, 1.165) is 32.7 Å². The second-order valence-corrected chi connectivity index (χ2v) is 6.39. The topological polar surface area (TPSA) is 15.7 Å². The number of ether oxygens (including phenoxy) is 1. The summed E-state index contributed by atoms with van der Waals surface area (Å²) >= 11 is 0. The summed E-state index contributed by atoms with van der Waals surface area (Å²) in [6.07, 6.45) is 10.1. The maximum atomic E-state index is 5.54. The van der Waals surface area contributed by atoms with E-state index in [1.54, 1.807) is 0 Å². The highest BCUT2D eigenvalue weighted by molar-refractivity contribution is 5.32. The molecule has 1 saturated heterocycles. The molecule has 0 N–H and O–H groups in total. The Bertz CT molecular complexity index is 532. The average Bonchev–Trinajstić information content (AvgIpc) is 2.57. The van der Waals surface area contributed by atoms with Crippen LogP contribution in [-0.4, -0.2) is 61.8 Å². The summed E-state index contributed by atoms with van der Waals surface area (Å²) in [5, 5.41) is 0. The lowest BCUT2D eigenvalue weighted by molar-refractivity contribution is -0.00631. The van der Waals surface area contributed by atoms with Gasteiger partial charge >= 0.3 is 0 Å². The maximum Gasteiger partial charge on any atom is 0.0622 e. The molecule has 0 amide bonds. The van der Waals surface area contributed by atoms with Gasteiger partial charge in [0.15, 0.2) is 0 Å². The van der Waals surface area contributed by atoms with Crippen LogP contribution in [0.4, 0.5) is 0 Å². The summed E-state index contributed by atoms with van der Waals surface area (Å²) in [4.78, 5) is 4.94. The Morgan fingerprint density at radius 2 is 1.86 bits per heavy atom. The van der Waals surface area contributed by atoms with Crippen molar-refractivity contribution in [3.05, 3.63) is 60.2 Å². The van der Waals surface area contributed by atoms with Crippen molar-refractivity contribution in [3.8, 4) is 0 Å². The first kappa shape index (κ1) is 15.5. The first-order valence-electron chi connectivity index (χ1n) is 8.11. The minimum Gasteiger partial charge on any atom is -0.379 e. The number of likely N-dealkylation sites (N-methyl/N-ethyl adjacent to an activating group) is 1. The molecule has 0 bridgehead atoms. The van der Waals surface area contributed by atoms with Crippen LogP contribution in [0.3, 0.4) is 0 Å². The molecule has 0 saturated carbocycles. The predicted octanol–water partition coefficient (Wildman–Crippen LogP) is 2.36. The van der Waals surface area contributed by atoms with Gasteiger partial charge in [0, 0.05) is 13.1 Å². The first-order valence-corrected chi connectivity index (χ1v) is 8.11. The molecule has 0 spiro atoms. The fraction of sp³-hybridized carbons (Fsp3) is 0.474. The third-order valence-electron chi connectivity index (χ3n) is 4.90. The van der Waals surface area contributed by atoms with E-state index in [4.69, 9.17) is 4.74 Å². The van der Waals surface area contributed by atoms with E-state index in [-0.39, 0.29) is 5.54 Å². The van der Waals surface area contributed by atoms with Crippen LogP contribution < -0.4 is 0 Å². The van der Waals surface area contributed by atoms with Gasteiger partial charge in [-0.15, -0.1) is 0 Å². The van der Waals surface area contributed by atoms with Gasteiger partial charge in [0.2, 0.25) is 0 Å². The molecule has 22 heavy (non-hydrogen) atoms. The van der Waals surface area contributed by atoms with Crippen molar-refractivity contribution >= 4 is 0 Å². The molecule has 2 unspecified atom stereocenters. The van der Waals surface area contributed by atoms with Crippen molar-refractivity contribution in [2.24, 2.45) is 0 Å². The fourth-order valence-corrected chi connectivity index (χ4v) is 3.61. The molecule has 2 aliphatic rings. The van der Waals surface area contributed by atoms with E-state index in [2.05, 4.69) is 78.5 Å². The monoisotopic (exact) mass is 298 g/mol. The minimum absolute atomic E-state index is 0.00650. The van der Waals surface area contributed by atoms with Crippen LogP contribution in [0.25, 0.3) is 0 Å². The zero-order valence-electron chi connectivity index (χ0n) is 13.6. The van der Waals surface area contributed by atoms with Crippen molar-refractivity contribution in [1.82, 2.24) is 9.80 Å². The number of nitrogens with zero attached hydrogens (tertiary/aromatic N) is 2. The van der Waals surface area contributed by atoms with E-state index in [9.17, 15) is 0 Å². The fourth-order valence-electron chi connectivity index (χ4n) is 3.61. The van der Waals surface area contributed by atoms with E-state index in [1.807, 2.05) is 0 Å². The van der Waals surface area contributed by atoms with Gasteiger partial charge in [-0.05, 0) is 26.1 Å². The van der Waals surface area contributed by atoms with Crippen molar-refractivity contribution in [2.75, 3.05) is 40.4 Å². The lowest BCUT2D eigenvalue weighted by Crippen LogP contribution is -2.62. The van der Waals surface area contributed by atoms with Crippen LogP contribution in [0.5, 0.6) is 0 Å². The number of hydrogen-bond acceptors (Lipinski definition) is 3. The Morgan fingerprint density at radius 3 is 2.55 bits per heavy atom. The molecule has 3 heteroatoms. The third-order valence-corrected chi connectivity index (χ3v) is 4.90. The standard InChI is InChI=1S/C19H26N2O/c1-20(2)19(16-17-8-4-3-5-9-17)11-7-6-10-18(19)21-12-14-22-15-13-21/h3-11,18H,12-16H2,1-2H3. The van der Waals surface area contributed by atoms with Crippen LogP contribution in [-0.2, 0) is 11.2 Å². The number of allylic oxidation sites excluding steroid dienone is 2. The van der Waals surface area contributed by atoms with Crippen LogP contribution in [0.1, 0.15) is 5.56 Å². The number of rotatable bonds is 4. The quantitative estimate of drug-likeness (QED) is 0.849. The summed E-state index contributed by atoms with van der Waals surface area (Å²) in [6, 6.07) is 11.2. The lowest BCUT2D eigenvalue weighted by atomic mass is 9.78. The Labute approximate surface area is 133 Å². The van der Waals surface area contributed by atoms with Gasteiger partial charge in [0.25, 0.3) is 0 Å². The molecule has 0 radical (unpaired) electrons. The Kier molecular flexibility index (Phi) is 4.77. The zero-order chi connectivity index (χ0) is 15.4. The summed E-state index contributed by atoms with van der Waals surface area (Å²) < 4.78 is 5.54. The van der Waals surface area contributed by atoms with Crippen molar-refractivity contribution in [1.29, 1.82) is 0 Å². The lowest BCUT2D eigenvalue weighted by Gasteiger charge is -2.49. The van der Waals surface area contributed by atoms with Gasteiger partial charge in [-0.1, -0.05) is 54.6 Å². The molecule has 118 valence electrons. The Balaban J connectivity index is 1.91. The molecule has 1 aliphatic heterocycles. The van der Waals surface area contributed by atoms with Gasteiger partial charge < -0.3 is 4.74 Å². The highest BCUT2D eigenvalue weighted by Crippen LogP contribution is 2.32. The first-order chi connectivity index (χ1) is 10.7. The molecular formula is C19H26N2O. The van der Waals surface area contributed by atoms with Crippen molar-refractivity contribution < 1.29 is 4.74 Å². The SMILES string of the molecule is CN(C)C1(Cc2ccccc2)C=CC=CC1N1CCOCC1. The second-order valence-electron chi connectivity index (χ2n) is 6.39. The van der Waals surface area contributed by atoms with Crippen LogP contribution >= 0.6 is 0 Å². The third kappa shape index (κ3) is 3.02. The molecule has 3 nitrogen and oxygen atoms in total. The Hall–Kier alpha value is -1.42. The molecule has 1 aromatic rings. The second kappa shape index (κ2) is 6.78. The summed E-state index contributed by atoms with van der Waals surface area (Å²) in [6.45, 7) is 3.69. The Morgan fingerprint density at radius 1 is 1.14 bits per heavy atom. The smallest absolute Gasteiger partial charge is 0.0622 e. The van der Waals surface area contributed by atoms with Crippen molar-refractivity contribution in [2.45, 2.75) is 18.0 Å². The number of benzene rings is 1. The largest absolute Gasteiger partial charge is 0.379 e. The molecule has 0 aromatic heterocycles. The van der Waals surface area contributed by atoms with E-state index < -0.39 is 0 Å². The van der Waals surface area contributed by atoms with E-state index in [0.29, 0.717) is 6.04 Å². The molecule has 1 fully saturated rings. The summed E-state index contributed by atoms with van der Waals surface area (Å²) in [5.41, 5.74) is 1.38. The minimum atomic E-state index is -0.00650. The van der Waals surface area contributed by atoms with Gasteiger partial charge in [-0.25, -0.2) is 0 Å². The maximum absolute atomic E-state index is 5.54. The normalized spacial score (nSPS) is 29.1. The predicted molar refractivity (Wildman–Crippen MR) is 91.0 cm³/mol. The average molecular weight is 298 g/mol. The van der Waals surface area contributed by atoms with E-state index >= 15 is 0 Å². The number of hydrogen-bond donors (Lipinski definition) is 0. The summed E-state index contributed by atoms with van der Waals surface area (Å²) in [7, 11) is 4.39. The number of morpholine rings is 1. The zero-order valence-corrected chi connectivity index (χ0v) is 13.6. The van der Waals surface area contributed by atoms with Gasteiger partial charge in [-0.2, -0.15) is 0 Å². The molecule has 3 rings (SSSR count). The van der Waals surface area contributed by atoms with Crippen molar-refractivity contribution in [3.63, 3.8) is 0 Å². The highest BCUT2D eigenvalue weighted by atomic mass is 16.5. The van der Waals surface area contributed by atoms with Crippen LogP contribution in [0, 0.1) is 0 Å². The van der Waals surface area contributed by atoms with Gasteiger partial charge in [0.05, 0.1) is 24.8 Å². The van der Waals surface area contributed by atoms with Crippen LogP contribution in [0.15, 0.2) is 54.6 Å². The molecule has 1 heterocycles. The van der Waals surface area contributed by atoms with Gasteiger partial charge in [0.1, 0.15) is 0 Å². The molecule has 1 aromatic carbocycles. The summed E-state index contributed by atoms with van der Waals surface area (Å²) in [5.74, 6) is 0. The molecule has 2 atom stereocenters. The molecule has 1 aliphatic carbocycles. The van der Waals surface area contributed by atoms with Gasteiger partial charge in [-0.3, -0.25) is 9.80 Å². The van der Waals surface area contributed by atoms with E-state index in [1.165, 1.54) is 5.56 Å². The van der Waals surface area contributed by atoms with Crippen LogP contribution in [0.2, 0.25) is 0 Å². The molecular weight excluding hydrogens is 272 g/mol. The highest BCUT2D eigenvalue weighted by Gasteiger charge is 2.42.